The van der Waals surface area contributed by atoms with E-state index in [2.05, 4.69) is 5.32 Å². The second-order valence-corrected chi connectivity index (χ2v) is 8.96. The minimum absolute atomic E-state index is 0.0194. The molecule has 0 aromatic heterocycles. The number of nitrogens with one attached hydrogen (secondary N) is 1. The zero-order valence-corrected chi connectivity index (χ0v) is 17.3. The normalized spacial score (nSPS) is 24.2. The Morgan fingerprint density at radius 2 is 1.77 bits per heavy atom. The van der Waals surface area contributed by atoms with Crippen LogP contribution in [0.5, 0.6) is 0 Å². The summed E-state index contributed by atoms with van der Waals surface area (Å²) < 4.78 is 32.9. The number of ether oxygens (including phenoxy) is 1. The maximum atomic E-state index is 13.4. The molecule has 1 aromatic rings. The molecule has 0 unspecified atom stereocenters. The van der Waals surface area contributed by atoms with Gasteiger partial charge in [-0.3, -0.25) is 9.59 Å². The number of benzene rings is 1. The Hall–Kier alpha value is -2.02. The number of hydrogen-bond donors (Lipinski definition) is 1. The third kappa shape index (κ3) is 4.66. The SMILES string of the molecule is O=C(NC[C@@H]1CCC2(CCN(C(=O)c3ccc(F)c(F)c3)CC2)O1)C1CCCCC1. The van der Waals surface area contributed by atoms with Gasteiger partial charge in [0.1, 0.15) is 0 Å². The van der Waals surface area contributed by atoms with Crippen LogP contribution in [0.2, 0.25) is 0 Å². The highest BCUT2D eigenvalue weighted by molar-refractivity contribution is 5.94. The second kappa shape index (κ2) is 9.00. The van der Waals surface area contributed by atoms with E-state index in [0.717, 1.165) is 63.5 Å². The summed E-state index contributed by atoms with van der Waals surface area (Å²) in [7, 11) is 0. The van der Waals surface area contributed by atoms with Gasteiger partial charge in [0.25, 0.3) is 5.91 Å². The van der Waals surface area contributed by atoms with Crippen molar-refractivity contribution in [3.8, 4) is 0 Å². The summed E-state index contributed by atoms with van der Waals surface area (Å²) in [6.45, 7) is 1.60. The van der Waals surface area contributed by atoms with Crippen molar-refractivity contribution in [3.05, 3.63) is 35.4 Å². The Kier molecular flexibility index (Phi) is 6.37. The molecule has 1 atom stereocenters. The molecule has 3 fully saturated rings. The Morgan fingerprint density at radius 1 is 1.03 bits per heavy atom. The van der Waals surface area contributed by atoms with Gasteiger partial charge < -0.3 is 15.0 Å². The first kappa shape index (κ1) is 21.2. The summed E-state index contributed by atoms with van der Waals surface area (Å²) >= 11 is 0. The number of amides is 2. The maximum Gasteiger partial charge on any atom is 0.253 e. The van der Waals surface area contributed by atoms with E-state index >= 15 is 0 Å². The zero-order valence-electron chi connectivity index (χ0n) is 17.3. The number of carbonyl (C=O) groups is 2. The molecule has 1 spiro atoms. The van der Waals surface area contributed by atoms with Crippen LogP contribution in [0.3, 0.4) is 0 Å². The van der Waals surface area contributed by atoms with Crippen molar-refractivity contribution in [2.24, 2.45) is 5.92 Å². The molecule has 2 aliphatic heterocycles. The Balaban J connectivity index is 1.25. The van der Waals surface area contributed by atoms with Crippen LogP contribution < -0.4 is 5.32 Å². The van der Waals surface area contributed by atoms with Crippen LogP contribution in [-0.4, -0.2) is 48.1 Å². The molecule has 164 valence electrons. The van der Waals surface area contributed by atoms with Crippen LogP contribution in [0.15, 0.2) is 18.2 Å². The third-order valence-corrected chi connectivity index (χ3v) is 6.95. The van der Waals surface area contributed by atoms with Crippen LogP contribution in [0.25, 0.3) is 0 Å². The van der Waals surface area contributed by atoms with E-state index in [4.69, 9.17) is 4.74 Å². The minimum atomic E-state index is -1.01. The molecule has 0 radical (unpaired) electrons. The summed E-state index contributed by atoms with van der Waals surface area (Å²) in [5.41, 5.74) is -0.0779. The largest absolute Gasteiger partial charge is 0.370 e. The van der Waals surface area contributed by atoms with Gasteiger partial charge in [0.05, 0.1) is 11.7 Å². The minimum Gasteiger partial charge on any atom is -0.370 e. The predicted molar refractivity (Wildman–Crippen MR) is 108 cm³/mol. The van der Waals surface area contributed by atoms with Crippen LogP contribution in [0.4, 0.5) is 8.78 Å². The van der Waals surface area contributed by atoms with Crippen molar-refractivity contribution in [2.75, 3.05) is 19.6 Å². The molecular formula is C23H30F2N2O3. The van der Waals surface area contributed by atoms with Crippen molar-refractivity contribution in [2.45, 2.75) is 69.5 Å². The fourth-order valence-electron chi connectivity index (χ4n) is 5.06. The van der Waals surface area contributed by atoms with Gasteiger partial charge in [-0.1, -0.05) is 19.3 Å². The molecular weight excluding hydrogens is 390 g/mol. The average Bonchev–Trinajstić information content (AvgIpc) is 3.17. The number of rotatable bonds is 4. The molecule has 1 saturated carbocycles. The third-order valence-electron chi connectivity index (χ3n) is 6.95. The number of hydrogen-bond acceptors (Lipinski definition) is 3. The summed E-state index contributed by atoms with van der Waals surface area (Å²) in [6.07, 6.45) is 8.77. The Labute approximate surface area is 176 Å². The summed E-state index contributed by atoms with van der Waals surface area (Å²) in [6, 6.07) is 3.27. The second-order valence-electron chi connectivity index (χ2n) is 8.96. The molecule has 30 heavy (non-hydrogen) atoms. The average molecular weight is 421 g/mol. The smallest absolute Gasteiger partial charge is 0.253 e. The van der Waals surface area contributed by atoms with E-state index in [-0.39, 0.29) is 35.0 Å². The van der Waals surface area contributed by atoms with Crippen molar-refractivity contribution in [3.63, 3.8) is 0 Å². The monoisotopic (exact) mass is 420 g/mol. The van der Waals surface area contributed by atoms with Gasteiger partial charge >= 0.3 is 0 Å². The first-order valence-corrected chi connectivity index (χ1v) is 11.2. The number of carbonyl (C=O) groups excluding carboxylic acids is 2. The van der Waals surface area contributed by atoms with E-state index in [0.29, 0.717) is 19.6 Å². The lowest BCUT2D eigenvalue weighted by atomic mass is 9.88. The van der Waals surface area contributed by atoms with E-state index in [9.17, 15) is 18.4 Å². The lowest BCUT2D eigenvalue weighted by Crippen LogP contribution is -2.47. The van der Waals surface area contributed by atoms with Gasteiger partial charge in [-0.2, -0.15) is 0 Å². The number of nitrogens with zero attached hydrogens (tertiary/aromatic N) is 1. The lowest BCUT2D eigenvalue weighted by Gasteiger charge is -2.39. The summed E-state index contributed by atoms with van der Waals surface area (Å²) in [4.78, 5) is 26.6. The van der Waals surface area contributed by atoms with Gasteiger partial charge in [-0.15, -0.1) is 0 Å². The van der Waals surface area contributed by atoms with E-state index < -0.39 is 11.6 Å². The van der Waals surface area contributed by atoms with Gasteiger partial charge in [0.15, 0.2) is 11.6 Å². The highest BCUT2D eigenvalue weighted by Gasteiger charge is 2.43. The molecule has 1 N–H and O–H groups in total. The highest BCUT2D eigenvalue weighted by atomic mass is 19.2. The summed E-state index contributed by atoms with van der Waals surface area (Å²) in [5, 5.41) is 3.08. The van der Waals surface area contributed by atoms with Gasteiger partial charge in [0, 0.05) is 31.1 Å². The first-order valence-electron chi connectivity index (χ1n) is 11.2. The van der Waals surface area contributed by atoms with Crippen LogP contribution in [0.1, 0.15) is 68.1 Å². The van der Waals surface area contributed by atoms with Gasteiger partial charge in [-0.05, 0) is 56.7 Å². The molecule has 4 rings (SSSR count). The molecule has 2 heterocycles. The zero-order chi connectivity index (χ0) is 21.1. The van der Waals surface area contributed by atoms with Crippen molar-refractivity contribution >= 4 is 11.8 Å². The fraction of sp³-hybridized carbons (Fsp3) is 0.652. The predicted octanol–water partition coefficient (Wildman–Crippen LogP) is 3.82. The van der Waals surface area contributed by atoms with Gasteiger partial charge in [0.2, 0.25) is 5.91 Å². The highest BCUT2D eigenvalue weighted by Crippen LogP contribution is 2.39. The van der Waals surface area contributed by atoms with Crippen molar-refractivity contribution < 1.29 is 23.1 Å². The molecule has 2 saturated heterocycles. The Bertz CT molecular complexity index is 787. The molecule has 1 aliphatic carbocycles. The molecule has 0 bridgehead atoms. The maximum absolute atomic E-state index is 13.4. The van der Waals surface area contributed by atoms with E-state index in [1.807, 2.05) is 0 Å². The number of likely N-dealkylation sites (tertiary alicyclic amines) is 1. The van der Waals surface area contributed by atoms with Crippen molar-refractivity contribution in [1.29, 1.82) is 0 Å². The fourth-order valence-corrected chi connectivity index (χ4v) is 5.06. The van der Waals surface area contributed by atoms with Gasteiger partial charge in [-0.25, -0.2) is 8.78 Å². The van der Waals surface area contributed by atoms with Crippen molar-refractivity contribution in [1.82, 2.24) is 10.2 Å². The van der Waals surface area contributed by atoms with Crippen LogP contribution >= 0.6 is 0 Å². The molecule has 3 aliphatic rings. The lowest BCUT2D eigenvalue weighted by molar-refractivity contribution is -0.127. The molecule has 7 heteroatoms. The number of halogens is 2. The first-order chi connectivity index (χ1) is 14.5. The molecule has 5 nitrogen and oxygen atoms in total. The number of piperidine rings is 1. The molecule has 2 amide bonds. The molecule has 1 aromatic carbocycles. The Morgan fingerprint density at radius 3 is 2.47 bits per heavy atom. The summed E-state index contributed by atoms with van der Waals surface area (Å²) in [5.74, 6) is -1.93. The quantitative estimate of drug-likeness (QED) is 0.806. The standard InChI is InChI=1S/C23H30F2N2O3/c24-19-7-6-17(14-20(19)25)22(29)27-12-10-23(11-13-27)9-8-18(30-23)15-26-21(28)16-4-2-1-3-5-16/h6-7,14,16,18H,1-5,8-13,15H2,(H,26,28)/t18-/m0/s1. The topological polar surface area (TPSA) is 58.6 Å². The van der Waals surface area contributed by atoms with Crippen LogP contribution in [-0.2, 0) is 9.53 Å². The van der Waals surface area contributed by atoms with E-state index in [1.54, 1.807) is 4.90 Å². The van der Waals surface area contributed by atoms with E-state index in [1.165, 1.54) is 12.5 Å². The van der Waals surface area contributed by atoms with Crippen LogP contribution in [0, 0.1) is 17.6 Å².